The molecule has 3 aromatic rings. The summed E-state index contributed by atoms with van der Waals surface area (Å²) in [6.45, 7) is 3.79. The van der Waals surface area contributed by atoms with Crippen LogP contribution in [0.5, 0.6) is 0 Å². The predicted octanol–water partition coefficient (Wildman–Crippen LogP) is 3.97. The van der Waals surface area contributed by atoms with Gasteiger partial charge in [0.05, 0.1) is 11.2 Å². The number of para-hydroxylation sites is 1. The maximum Gasteiger partial charge on any atom is 0.274 e. The minimum absolute atomic E-state index is 0.241. The minimum Gasteiger partial charge on any atom is -0.341 e. The number of anilines is 2. The van der Waals surface area contributed by atoms with Gasteiger partial charge in [0.25, 0.3) is 5.91 Å². The number of aromatic nitrogens is 3. The van der Waals surface area contributed by atoms with Gasteiger partial charge in [-0.1, -0.05) is 31.0 Å². The van der Waals surface area contributed by atoms with Crippen LogP contribution >= 0.6 is 0 Å². The first kappa shape index (κ1) is 17.4. The van der Waals surface area contributed by atoms with Crippen LogP contribution in [0.3, 0.4) is 0 Å². The van der Waals surface area contributed by atoms with Gasteiger partial charge in [0, 0.05) is 30.4 Å². The SMILES string of the molecule is Cc1cc(C(=O)Nc2cccc3cccnc23)nc(N2CCCCCC2)n1. The van der Waals surface area contributed by atoms with Crippen LogP contribution in [-0.2, 0) is 0 Å². The molecule has 3 heterocycles. The molecule has 0 spiro atoms. The smallest absolute Gasteiger partial charge is 0.274 e. The van der Waals surface area contributed by atoms with E-state index < -0.39 is 0 Å². The third-order valence-electron chi connectivity index (χ3n) is 4.84. The van der Waals surface area contributed by atoms with Gasteiger partial charge in [0.15, 0.2) is 0 Å². The molecule has 1 aliphatic rings. The molecule has 1 amide bonds. The summed E-state index contributed by atoms with van der Waals surface area (Å²) in [4.78, 5) is 28.6. The predicted molar refractivity (Wildman–Crippen MR) is 107 cm³/mol. The molecule has 6 heteroatoms. The Hall–Kier alpha value is -3.02. The van der Waals surface area contributed by atoms with E-state index in [4.69, 9.17) is 0 Å². The van der Waals surface area contributed by atoms with Gasteiger partial charge in [-0.25, -0.2) is 9.97 Å². The highest BCUT2D eigenvalue weighted by atomic mass is 16.1. The molecule has 2 aromatic heterocycles. The lowest BCUT2D eigenvalue weighted by Crippen LogP contribution is -2.27. The number of pyridine rings is 1. The van der Waals surface area contributed by atoms with Crippen LogP contribution in [0.15, 0.2) is 42.6 Å². The molecule has 1 saturated heterocycles. The largest absolute Gasteiger partial charge is 0.341 e. The second-order valence-corrected chi connectivity index (χ2v) is 6.93. The molecular weight excluding hydrogens is 338 g/mol. The normalized spacial score (nSPS) is 14.8. The van der Waals surface area contributed by atoms with E-state index in [1.807, 2.05) is 37.3 Å². The molecule has 0 radical (unpaired) electrons. The molecule has 0 bridgehead atoms. The third-order valence-corrected chi connectivity index (χ3v) is 4.84. The van der Waals surface area contributed by atoms with Crippen molar-refractivity contribution in [2.75, 3.05) is 23.3 Å². The Morgan fingerprint density at radius 1 is 1.04 bits per heavy atom. The van der Waals surface area contributed by atoms with Crippen molar-refractivity contribution in [3.05, 3.63) is 54.0 Å². The minimum atomic E-state index is -0.241. The van der Waals surface area contributed by atoms with E-state index in [1.54, 1.807) is 12.3 Å². The Bertz CT molecular complexity index is 958. The van der Waals surface area contributed by atoms with E-state index in [9.17, 15) is 4.79 Å². The molecule has 6 nitrogen and oxygen atoms in total. The third kappa shape index (κ3) is 3.89. The Morgan fingerprint density at radius 3 is 2.63 bits per heavy atom. The van der Waals surface area contributed by atoms with Gasteiger partial charge >= 0.3 is 0 Å². The van der Waals surface area contributed by atoms with Crippen molar-refractivity contribution >= 4 is 28.4 Å². The van der Waals surface area contributed by atoms with Crippen LogP contribution in [0.4, 0.5) is 11.6 Å². The first-order chi connectivity index (χ1) is 13.2. The monoisotopic (exact) mass is 361 g/mol. The van der Waals surface area contributed by atoms with E-state index in [-0.39, 0.29) is 5.91 Å². The molecule has 0 saturated carbocycles. The highest BCUT2D eigenvalue weighted by Crippen LogP contribution is 2.22. The zero-order chi connectivity index (χ0) is 18.6. The summed E-state index contributed by atoms with van der Waals surface area (Å²) in [6.07, 6.45) is 6.48. The fourth-order valence-corrected chi connectivity index (χ4v) is 3.47. The van der Waals surface area contributed by atoms with E-state index in [2.05, 4.69) is 25.2 Å². The second kappa shape index (κ2) is 7.70. The van der Waals surface area contributed by atoms with Gasteiger partial charge in [0.2, 0.25) is 5.95 Å². The molecule has 0 unspecified atom stereocenters. The highest BCUT2D eigenvalue weighted by molar-refractivity contribution is 6.07. The first-order valence-electron chi connectivity index (χ1n) is 9.46. The van der Waals surface area contributed by atoms with Crippen LogP contribution in [0.25, 0.3) is 10.9 Å². The molecule has 0 atom stereocenters. The highest BCUT2D eigenvalue weighted by Gasteiger charge is 2.17. The molecule has 138 valence electrons. The zero-order valence-electron chi connectivity index (χ0n) is 15.5. The number of amides is 1. The molecule has 1 aliphatic heterocycles. The van der Waals surface area contributed by atoms with Crippen molar-refractivity contribution < 1.29 is 4.79 Å². The van der Waals surface area contributed by atoms with E-state index in [0.29, 0.717) is 17.3 Å². The second-order valence-electron chi connectivity index (χ2n) is 6.93. The summed E-state index contributed by atoms with van der Waals surface area (Å²) in [5.41, 5.74) is 2.64. The Morgan fingerprint density at radius 2 is 1.81 bits per heavy atom. The number of nitrogens with one attached hydrogen (secondary N) is 1. The Labute approximate surface area is 158 Å². The Balaban J connectivity index is 1.61. The first-order valence-corrected chi connectivity index (χ1v) is 9.46. The average molecular weight is 361 g/mol. The van der Waals surface area contributed by atoms with E-state index in [1.165, 1.54) is 12.8 Å². The quantitative estimate of drug-likeness (QED) is 0.764. The summed E-state index contributed by atoms with van der Waals surface area (Å²) in [6, 6.07) is 11.3. The number of nitrogens with zero attached hydrogens (tertiary/aromatic N) is 4. The molecule has 27 heavy (non-hydrogen) atoms. The van der Waals surface area contributed by atoms with E-state index in [0.717, 1.165) is 42.5 Å². The topological polar surface area (TPSA) is 71.0 Å². The number of hydrogen-bond donors (Lipinski definition) is 1. The fraction of sp³-hybridized carbons (Fsp3) is 0.333. The van der Waals surface area contributed by atoms with Crippen molar-refractivity contribution in [1.82, 2.24) is 15.0 Å². The number of hydrogen-bond acceptors (Lipinski definition) is 5. The zero-order valence-corrected chi connectivity index (χ0v) is 15.5. The molecule has 0 aliphatic carbocycles. The lowest BCUT2D eigenvalue weighted by atomic mass is 10.2. The van der Waals surface area contributed by atoms with Crippen molar-refractivity contribution in [2.45, 2.75) is 32.6 Å². The van der Waals surface area contributed by atoms with Crippen molar-refractivity contribution in [2.24, 2.45) is 0 Å². The van der Waals surface area contributed by atoms with Gasteiger partial charge in [-0.2, -0.15) is 0 Å². The van der Waals surface area contributed by atoms with Gasteiger partial charge < -0.3 is 10.2 Å². The number of rotatable bonds is 3. The van der Waals surface area contributed by atoms with E-state index >= 15 is 0 Å². The molecule has 1 aromatic carbocycles. The van der Waals surface area contributed by atoms with Crippen molar-refractivity contribution in [3.8, 4) is 0 Å². The van der Waals surface area contributed by atoms with Crippen LogP contribution in [0.1, 0.15) is 41.9 Å². The van der Waals surface area contributed by atoms with Crippen molar-refractivity contribution in [1.29, 1.82) is 0 Å². The van der Waals surface area contributed by atoms with Crippen molar-refractivity contribution in [3.63, 3.8) is 0 Å². The maximum atomic E-state index is 12.9. The number of carbonyl (C=O) groups is 1. The summed E-state index contributed by atoms with van der Waals surface area (Å²) in [5.74, 6) is 0.410. The molecule has 1 N–H and O–H groups in total. The van der Waals surface area contributed by atoms with Crippen LogP contribution in [0.2, 0.25) is 0 Å². The van der Waals surface area contributed by atoms with Crippen LogP contribution in [0, 0.1) is 6.92 Å². The molecule has 4 rings (SSSR count). The summed E-state index contributed by atoms with van der Waals surface area (Å²) in [5, 5.41) is 3.95. The Kier molecular flexibility index (Phi) is 4.96. The summed E-state index contributed by atoms with van der Waals surface area (Å²) < 4.78 is 0. The van der Waals surface area contributed by atoms with Gasteiger partial charge in [-0.15, -0.1) is 0 Å². The van der Waals surface area contributed by atoms with Crippen LogP contribution in [-0.4, -0.2) is 33.9 Å². The lowest BCUT2D eigenvalue weighted by Gasteiger charge is -2.21. The fourth-order valence-electron chi connectivity index (χ4n) is 3.47. The number of carbonyl (C=O) groups excluding carboxylic acids is 1. The summed E-state index contributed by atoms with van der Waals surface area (Å²) in [7, 11) is 0. The van der Waals surface area contributed by atoms with Crippen LogP contribution < -0.4 is 10.2 Å². The van der Waals surface area contributed by atoms with Gasteiger partial charge in [0.1, 0.15) is 5.69 Å². The lowest BCUT2D eigenvalue weighted by molar-refractivity contribution is 0.102. The molecular formula is C21H23N5O. The standard InChI is InChI=1S/C21H23N5O/c1-15-14-18(25-21(23-15)26-12-4-2-3-5-13-26)20(27)24-17-10-6-8-16-9-7-11-22-19(16)17/h6-11,14H,2-5,12-13H2,1H3,(H,24,27). The molecule has 1 fully saturated rings. The number of aryl methyl sites for hydroxylation is 1. The van der Waals surface area contributed by atoms with Gasteiger partial charge in [-0.3, -0.25) is 9.78 Å². The number of fused-ring (bicyclic) bond motifs is 1. The average Bonchev–Trinajstić information content (AvgIpc) is 2.97. The maximum absolute atomic E-state index is 12.9. The number of benzene rings is 1. The van der Waals surface area contributed by atoms with Gasteiger partial charge in [-0.05, 0) is 38.0 Å². The summed E-state index contributed by atoms with van der Waals surface area (Å²) >= 11 is 0.